The van der Waals surface area contributed by atoms with E-state index in [4.69, 9.17) is 0 Å². The van der Waals surface area contributed by atoms with Crippen LogP contribution in [0.15, 0.2) is 54.9 Å². The van der Waals surface area contributed by atoms with Crippen LogP contribution in [0.25, 0.3) is 0 Å². The van der Waals surface area contributed by atoms with Crippen molar-refractivity contribution >= 4 is 11.6 Å². The number of hydrogen-bond acceptors (Lipinski definition) is 3. The van der Waals surface area contributed by atoms with Crippen molar-refractivity contribution in [1.82, 2.24) is 10.3 Å². The van der Waals surface area contributed by atoms with Gasteiger partial charge in [-0.2, -0.15) is 0 Å². The number of anilines is 1. The summed E-state index contributed by atoms with van der Waals surface area (Å²) in [6.07, 6.45) is 3.23. The Kier molecular flexibility index (Phi) is 5.32. The summed E-state index contributed by atoms with van der Waals surface area (Å²) in [5, 5.41) is 6.41. The van der Waals surface area contributed by atoms with Gasteiger partial charge in [0.1, 0.15) is 0 Å². The normalized spacial score (nSPS) is 12.0. The Balaban J connectivity index is 1.93. The summed E-state index contributed by atoms with van der Waals surface area (Å²) >= 11 is 0. The summed E-state index contributed by atoms with van der Waals surface area (Å²) in [6.45, 7) is 4.84. The highest BCUT2D eigenvalue weighted by molar-refractivity contribution is 5.93. The summed E-state index contributed by atoms with van der Waals surface area (Å²) in [6, 6.07) is 13.7. The summed E-state index contributed by atoms with van der Waals surface area (Å²) in [4.78, 5) is 16.0. The van der Waals surface area contributed by atoms with Crippen LogP contribution in [-0.4, -0.2) is 23.5 Å². The van der Waals surface area contributed by atoms with Crippen molar-refractivity contribution in [3.05, 3.63) is 60.4 Å². The first-order valence-corrected chi connectivity index (χ1v) is 7.16. The van der Waals surface area contributed by atoms with Crippen LogP contribution >= 0.6 is 0 Å². The quantitative estimate of drug-likeness (QED) is 0.857. The predicted octanol–water partition coefficient (Wildman–Crippen LogP) is 2.95. The Hall–Kier alpha value is -2.36. The molecule has 1 aromatic heterocycles. The number of nitrogens with zero attached hydrogens (tertiary/aromatic N) is 1. The van der Waals surface area contributed by atoms with E-state index in [0.29, 0.717) is 18.0 Å². The van der Waals surface area contributed by atoms with Gasteiger partial charge in [0.05, 0.1) is 5.56 Å². The standard InChI is InChI=1S/C17H21N3O/c1-13(2)16(20-15-8-4-3-5-9-15)12-19-17(21)14-7-6-10-18-11-14/h3-11,13,16,20H,12H2,1-2H3,(H,19,21). The third-order valence-corrected chi connectivity index (χ3v) is 3.34. The molecule has 4 nitrogen and oxygen atoms in total. The molecular formula is C17H21N3O. The number of hydrogen-bond donors (Lipinski definition) is 2. The zero-order valence-corrected chi connectivity index (χ0v) is 12.4. The Labute approximate surface area is 125 Å². The first-order valence-electron chi connectivity index (χ1n) is 7.16. The third-order valence-electron chi connectivity index (χ3n) is 3.34. The van der Waals surface area contributed by atoms with Crippen LogP contribution in [0.3, 0.4) is 0 Å². The van der Waals surface area contributed by atoms with Gasteiger partial charge in [-0.05, 0) is 30.2 Å². The fraction of sp³-hybridized carbons (Fsp3) is 0.294. The average molecular weight is 283 g/mol. The van der Waals surface area contributed by atoms with E-state index in [1.165, 1.54) is 0 Å². The number of aromatic nitrogens is 1. The van der Waals surface area contributed by atoms with Crippen molar-refractivity contribution in [3.8, 4) is 0 Å². The second-order valence-corrected chi connectivity index (χ2v) is 5.31. The summed E-state index contributed by atoms with van der Waals surface area (Å²) in [5.74, 6) is 0.308. The van der Waals surface area contributed by atoms with Crippen LogP contribution in [0.5, 0.6) is 0 Å². The van der Waals surface area contributed by atoms with Gasteiger partial charge in [-0.3, -0.25) is 9.78 Å². The number of rotatable bonds is 6. The molecule has 21 heavy (non-hydrogen) atoms. The van der Waals surface area contributed by atoms with Crippen molar-refractivity contribution in [2.24, 2.45) is 5.92 Å². The molecule has 0 aliphatic carbocycles. The highest BCUT2D eigenvalue weighted by Crippen LogP contribution is 2.12. The van der Waals surface area contributed by atoms with Gasteiger partial charge < -0.3 is 10.6 Å². The lowest BCUT2D eigenvalue weighted by atomic mass is 10.0. The highest BCUT2D eigenvalue weighted by Gasteiger charge is 2.15. The van der Waals surface area contributed by atoms with Crippen LogP contribution in [0.2, 0.25) is 0 Å². The van der Waals surface area contributed by atoms with Crippen LogP contribution in [0.1, 0.15) is 24.2 Å². The molecule has 1 unspecified atom stereocenters. The topological polar surface area (TPSA) is 54.0 Å². The highest BCUT2D eigenvalue weighted by atomic mass is 16.1. The number of benzene rings is 1. The maximum atomic E-state index is 12.0. The van der Waals surface area contributed by atoms with E-state index in [2.05, 4.69) is 29.5 Å². The summed E-state index contributed by atoms with van der Waals surface area (Å²) in [7, 11) is 0. The monoisotopic (exact) mass is 283 g/mol. The van der Waals surface area contributed by atoms with Gasteiger partial charge in [-0.1, -0.05) is 32.0 Å². The molecule has 1 atom stereocenters. The molecule has 0 radical (unpaired) electrons. The van der Waals surface area contributed by atoms with Crippen molar-refractivity contribution in [3.63, 3.8) is 0 Å². The van der Waals surface area contributed by atoms with Crippen molar-refractivity contribution in [2.45, 2.75) is 19.9 Å². The molecule has 0 aliphatic heterocycles. The van der Waals surface area contributed by atoms with E-state index < -0.39 is 0 Å². The van der Waals surface area contributed by atoms with Gasteiger partial charge in [-0.25, -0.2) is 0 Å². The van der Waals surface area contributed by atoms with Crippen molar-refractivity contribution in [2.75, 3.05) is 11.9 Å². The molecule has 2 aromatic rings. The van der Waals surface area contributed by atoms with Crippen molar-refractivity contribution in [1.29, 1.82) is 0 Å². The van der Waals surface area contributed by atoms with Crippen molar-refractivity contribution < 1.29 is 4.79 Å². The Morgan fingerprint density at radius 1 is 1.14 bits per heavy atom. The number of amides is 1. The minimum absolute atomic E-state index is 0.0939. The first kappa shape index (κ1) is 15.0. The Morgan fingerprint density at radius 2 is 1.90 bits per heavy atom. The molecule has 1 aromatic carbocycles. The Morgan fingerprint density at radius 3 is 2.52 bits per heavy atom. The van der Waals surface area contributed by atoms with Gasteiger partial charge >= 0.3 is 0 Å². The molecule has 0 saturated heterocycles. The molecule has 2 rings (SSSR count). The van der Waals surface area contributed by atoms with E-state index in [1.54, 1.807) is 24.5 Å². The maximum absolute atomic E-state index is 12.0. The zero-order chi connectivity index (χ0) is 15.1. The van der Waals surface area contributed by atoms with Gasteiger partial charge in [0.2, 0.25) is 0 Å². The first-order chi connectivity index (χ1) is 10.2. The predicted molar refractivity (Wildman–Crippen MR) is 85.3 cm³/mol. The van der Waals surface area contributed by atoms with Crippen LogP contribution in [-0.2, 0) is 0 Å². The van der Waals surface area contributed by atoms with Gasteiger partial charge in [0.15, 0.2) is 0 Å². The van der Waals surface area contributed by atoms with E-state index in [1.807, 2.05) is 30.3 Å². The molecule has 1 amide bonds. The lowest BCUT2D eigenvalue weighted by Crippen LogP contribution is -2.39. The van der Waals surface area contributed by atoms with E-state index in [9.17, 15) is 4.79 Å². The largest absolute Gasteiger partial charge is 0.380 e. The summed E-state index contributed by atoms with van der Waals surface area (Å²) < 4.78 is 0. The number of pyridine rings is 1. The SMILES string of the molecule is CC(C)C(CNC(=O)c1cccnc1)Nc1ccccc1. The smallest absolute Gasteiger partial charge is 0.252 e. The molecule has 0 saturated carbocycles. The lowest BCUT2D eigenvalue weighted by Gasteiger charge is -2.24. The molecule has 2 N–H and O–H groups in total. The number of carbonyl (C=O) groups is 1. The number of para-hydroxylation sites is 1. The van der Waals surface area contributed by atoms with E-state index in [-0.39, 0.29) is 11.9 Å². The van der Waals surface area contributed by atoms with Gasteiger partial charge in [-0.15, -0.1) is 0 Å². The molecule has 1 heterocycles. The third kappa shape index (κ3) is 4.60. The molecule has 4 heteroatoms. The van der Waals surface area contributed by atoms with E-state index >= 15 is 0 Å². The van der Waals surface area contributed by atoms with Gasteiger partial charge in [0, 0.05) is 30.7 Å². The van der Waals surface area contributed by atoms with Crippen LogP contribution in [0, 0.1) is 5.92 Å². The Bertz CT molecular complexity index is 555. The fourth-order valence-electron chi connectivity index (χ4n) is 2.00. The minimum Gasteiger partial charge on any atom is -0.380 e. The fourth-order valence-corrected chi connectivity index (χ4v) is 2.00. The maximum Gasteiger partial charge on any atom is 0.252 e. The molecular weight excluding hydrogens is 262 g/mol. The molecule has 0 spiro atoms. The molecule has 0 fully saturated rings. The molecule has 0 aliphatic rings. The van der Waals surface area contributed by atoms with Crippen LogP contribution in [0.4, 0.5) is 5.69 Å². The summed E-state index contributed by atoms with van der Waals surface area (Å²) in [5.41, 5.74) is 1.64. The van der Waals surface area contributed by atoms with Gasteiger partial charge in [0.25, 0.3) is 5.91 Å². The molecule has 110 valence electrons. The number of nitrogens with one attached hydrogen (secondary N) is 2. The second-order valence-electron chi connectivity index (χ2n) is 5.31. The minimum atomic E-state index is -0.0939. The van der Waals surface area contributed by atoms with E-state index in [0.717, 1.165) is 5.69 Å². The average Bonchev–Trinajstić information content (AvgIpc) is 2.52. The zero-order valence-electron chi connectivity index (χ0n) is 12.4. The lowest BCUT2D eigenvalue weighted by molar-refractivity contribution is 0.0950. The second kappa shape index (κ2) is 7.43. The van der Waals surface area contributed by atoms with Crippen LogP contribution < -0.4 is 10.6 Å². The molecule has 0 bridgehead atoms. The number of carbonyl (C=O) groups excluding carboxylic acids is 1.